The van der Waals surface area contributed by atoms with Crippen molar-refractivity contribution in [3.8, 4) is 0 Å². The van der Waals surface area contributed by atoms with Gasteiger partial charge in [0, 0.05) is 18.6 Å². The Labute approximate surface area is 206 Å². The Balaban J connectivity index is 1.53. The highest BCUT2D eigenvalue weighted by atomic mass is 32.2. The molecule has 6 nitrogen and oxygen atoms in total. The van der Waals surface area contributed by atoms with Crippen LogP contribution in [0.25, 0.3) is 0 Å². The maximum atomic E-state index is 13.4. The number of aliphatic hydroxyl groups is 2. The molecule has 184 valence electrons. The van der Waals surface area contributed by atoms with Gasteiger partial charge in [-0.15, -0.1) is 0 Å². The van der Waals surface area contributed by atoms with Crippen molar-refractivity contribution in [2.45, 2.75) is 48.8 Å². The maximum absolute atomic E-state index is 13.4. The number of sulfone groups is 1. The molecule has 0 aromatic heterocycles. The number of hydrogen-bond acceptors (Lipinski definition) is 5. The number of hydrogen-bond donors (Lipinski definition) is 3. The molecule has 0 aliphatic heterocycles. The van der Waals surface area contributed by atoms with E-state index in [1.54, 1.807) is 18.2 Å². The van der Waals surface area contributed by atoms with Crippen LogP contribution in [0.3, 0.4) is 0 Å². The zero-order valence-corrected chi connectivity index (χ0v) is 20.5. The molecule has 0 spiro atoms. The monoisotopic (exact) mass is 493 g/mol. The fourth-order valence-electron chi connectivity index (χ4n) is 4.90. The number of aliphatic hydroxyl groups excluding tert-OH is 2. The van der Waals surface area contributed by atoms with Crippen LogP contribution in [0.15, 0.2) is 83.8 Å². The first-order chi connectivity index (χ1) is 16.7. The van der Waals surface area contributed by atoms with Gasteiger partial charge < -0.3 is 15.5 Å². The van der Waals surface area contributed by atoms with E-state index in [2.05, 4.69) is 5.32 Å². The highest BCUT2D eigenvalue weighted by molar-refractivity contribution is 7.90. The first-order valence-corrected chi connectivity index (χ1v) is 13.7. The van der Waals surface area contributed by atoms with Crippen LogP contribution >= 0.6 is 0 Å². The van der Waals surface area contributed by atoms with Crippen LogP contribution in [0, 0.1) is 5.92 Å². The number of carbonyl (C=O) groups excluding carboxylic acids is 1. The lowest BCUT2D eigenvalue weighted by Gasteiger charge is -2.24. The molecule has 4 rings (SSSR count). The zero-order chi connectivity index (χ0) is 25.0. The van der Waals surface area contributed by atoms with E-state index < -0.39 is 34.0 Å². The van der Waals surface area contributed by atoms with Gasteiger partial charge >= 0.3 is 0 Å². The largest absolute Gasteiger partial charge is 0.393 e. The van der Waals surface area contributed by atoms with Gasteiger partial charge in [0.2, 0.25) is 5.91 Å². The minimum atomic E-state index is -3.44. The van der Waals surface area contributed by atoms with Crippen molar-refractivity contribution in [3.05, 3.63) is 101 Å². The Bertz CT molecular complexity index is 1280. The third-order valence-corrected chi connectivity index (χ3v) is 7.78. The van der Waals surface area contributed by atoms with E-state index >= 15 is 0 Å². The van der Waals surface area contributed by atoms with Crippen molar-refractivity contribution in [3.63, 3.8) is 0 Å². The molecular formula is C28H31NO5S. The summed E-state index contributed by atoms with van der Waals surface area (Å²) in [4.78, 5) is 13.6. The molecule has 1 aliphatic rings. The molecule has 3 aromatic carbocycles. The van der Waals surface area contributed by atoms with Crippen molar-refractivity contribution >= 4 is 15.7 Å². The molecule has 0 unspecified atom stereocenters. The van der Waals surface area contributed by atoms with Gasteiger partial charge in [-0.1, -0.05) is 72.8 Å². The quantitative estimate of drug-likeness (QED) is 0.425. The minimum absolute atomic E-state index is 0.122. The van der Waals surface area contributed by atoms with Gasteiger partial charge in [-0.2, -0.15) is 0 Å². The zero-order valence-electron chi connectivity index (χ0n) is 19.7. The van der Waals surface area contributed by atoms with Crippen molar-refractivity contribution in [2.24, 2.45) is 5.92 Å². The molecule has 0 radical (unpaired) electrons. The molecule has 1 aliphatic carbocycles. The summed E-state index contributed by atoms with van der Waals surface area (Å²) in [6.07, 6.45) is 0.699. The summed E-state index contributed by atoms with van der Waals surface area (Å²) in [5.74, 6) is -0.803. The van der Waals surface area contributed by atoms with E-state index in [4.69, 9.17) is 0 Å². The molecule has 7 heteroatoms. The average molecular weight is 494 g/mol. The molecule has 0 bridgehead atoms. The number of fused-ring (bicyclic) bond motifs is 1. The number of benzene rings is 3. The average Bonchev–Trinajstić information content (AvgIpc) is 3.14. The van der Waals surface area contributed by atoms with Crippen LogP contribution < -0.4 is 5.32 Å². The van der Waals surface area contributed by atoms with E-state index in [1.807, 2.05) is 54.6 Å². The van der Waals surface area contributed by atoms with E-state index in [0.29, 0.717) is 18.4 Å². The van der Waals surface area contributed by atoms with E-state index in [1.165, 1.54) is 6.07 Å². The van der Waals surface area contributed by atoms with Crippen LogP contribution in [-0.2, 0) is 33.9 Å². The molecule has 0 saturated carbocycles. The second-order valence-corrected chi connectivity index (χ2v) is 11.3. The fraction of sp³-hybridized carbons (Fsp3) is 0.321. The highest BCUT2D eigenvalue weighted by Gasteiger charge is 2.34. The summed E-state index contributed by atoms with van der Waals surface area (Å²) in [7, 11) is -3.44. The Kier molecular flexibility index (Phi) is 7.69. The second kappa shape index (κ2) is 10.7. The van der Waals surface area contributed by atoms with E-state index in [9.17, 15) is 23.4 Å². The molecular weight excluding hydrogens is 462 g/mol. The summed E-state index contributed by atoms with van der Waals surface area (Å²) in [6, 6.07) is 23.4. The molecule has 0 fully saturated rings. The van der Waals surface area contributed by atoms with Gasteiger partial charge in [-0.05, 0) is 47.6 Å². The third kappa shape index (κ3) is 6.17. The van der Waals surface area contributed by atoms with Gasteiger partial charge in [-0.3, -0.25) is 4.79 Å². The lowest BCUT2D eigenvalue weighted by atomic mass is 9.90. The van der Waals surface area contributed by atoms with Crippen LogP contribution in [0.5, 0.6) is 0 Å². The lowest BCUT2D eigenvalue weighted by Crippen LogP contribution is -2.39. The molecule has 4 atom stereocenters. The maximum Gasteiger partial charge on any atom is 0.224 e. The SMILES string of the molecule is CS(=O)(=O)c1ccccc1C[C@@H](O)C[C@H](Cc1ccccc1)C(=O)N[C@H]1c2ccccc2C[C@H]1O. The van der Waals surface area contributed by atoms with Crippen molar-refractivity contribution in [1.82, 2.24) is 5.32 Å². The van der Waals surface area contributed by atoms with Gasteiger partial charge in [-0.25, -0.2) is 8.42 Å². The van der Waals surface area contributed by atoms with E-state index in [-0.39, 0.29) is 23.6 Å². The molecule has 1 amide bonds. The Hall–Kier alpha value is -3.00. The van der Waals surface area contributed by atoms with Crippen LogP contribution in [-0.4, -0.2) is 43.0 Å². The smallest absolute Gasteiger partial charge is 0.224 e. The van der Waals surface area contributed by atoms with Gasteiger partial charge in [0.25, 0.3) is 0 Å². The Morgan fingerprint density at radius 3 is 2.37 bits per heavy atom. The predicted octanol–water partition coefficient (Wildman–Crippen LogP) is 3.02. The van der Waals surface area contributed by atoms with Crippen LogP contribution in [0.4, 0.5) is 0 Å². The predicted molar refractivity (Wildman–Crippen MR) is 135 cm³/mol. The summed E-state index contributed by atoms with van der Waals surface area (Å²) < 4.78 is 24.3. The van der Waals surface area contributed by atoms with E-state index in [0.717, 1.165) is 22.9 Å². The first-order valence-electron chi connectivity index (χ1n) is 11.8. The summed E-state index contributed by atoms with van der Waals surface area (Å²) >= 11 is 0. The molecule has 3 N–H and O–H groups in total. The number of amides is 1. The van der Waals surface area contributed by atoms with Crippen molar-refractivity contribution < 1.29 is 23.4 Å². The third-order valence-electron chi connectivity index (χ3n) is 6.58. The lowest BCUT2D eigenvalue weighted by molar-refractivity contribution is -0.127. The summed E-state index contributed by atoms with van der Waals surface area (Å²) in [5, 5.41) is 24.5. The number of carbonyl (C=O) groups is 1. The topological polar surface area (TPSA) is 104 Å². The normalized spacial score (nSPS) is 19.1. The second-order valence-electron chi connectivity index (χ2n) is 9.32. The standard InChI is InChI=1S/C28H31NO5S/c1-35(33,34)26-14-8-6-12-21(26)16-23(30)17-22(15-19-9-3-2-4-10-19)28(32)29-27-24-13-7-5-11-20(24)18-25(27)31/h2-14,22-23,25,27,30-31H,15-18H2,1H3,(H,29,32)/t22-,23+,25+,27-/m0/s1. The Morgan fingerprint density at radius 1 is 0.971 bits per heavy atom. The van der Waals surface area contributed by atoms with Gasteiger partial charge in [0.05, 0.1) is 23.1 Å². The minimum Gasteiger partial charge on any atom is -0.393 e. The summed E-state index contributed by atoms with van der Waals surface area (Å²) in [6.45, 7) is 0. The number of rotatable bonds is 9. The molecule has 0 heterocycles. The van der Waals surface area contributed by atoms with Gasteiger partial charge in [0.1, 0.15) is 0 Å². The van der Waals surface area contributed by atoms with Crippen LogP contribution in [0.2, 0.25) is 0 Å². The van der Waals surface area contributed by atoms with Crippen molar-refractivity contribution in [1.29, 1.82) is 0 Å². The van der Waals surface area contributed by atoms with Crippen LogP contribution in [0.1, 0.15) is 34.7 Å². The molecule has 35 heavy (non-hydrogen) atoms. The Morgan fingerprint density at radius 2 is 1.63 bits per heavy atom. The summed E-state index contributed by atoms with van der Waals surface area (Å²) in [5.41, 5.74) is 3.42. The van der Waals surface area contributed by atoms with Crippen molar-refractivity contribution in [2.75, 3.05) is 6.26 Å². The molecule has 3 aromatic rings. The highest BCUT2D eigenvalue weighted by Crippen LogP contribution is 2.32. The number of nitrogens with one attached hydrogen (secondary N) is 1. The fourth-order valence-corrected chi connectivity index (χ4v) is 5.85. The van der Waals surface area contributed by atoms with Gasteiger partial charge in [0.15, 0.2) is 9.84 Å². The molecule has 0 saturated heterocycles. The first kappa shape index (κ1) is 25.1.